The van der Waals surface area contributed by atoms with E-state index in [1.807, 2.05) is 0 Å². The van der Waals surface area contributed by atoms with Gasteiger partial charge < -0.3 is 5.32 Å². The van der Waals surface area contributed by atoms with Gasteiger partial charge in [-0.1, -0.05) is 35.9 Å². The van der Waals surface area contributed by atoms with Gasteiger partial charge in [-0.15, -0.1) is 0 Å². The molecule has 0 spiro atoms. The predicted molar refractivity (Wildman–Crippen MR) is 130 cm³/mol. The van der Waals surface area contributed by atoms with Gasteiger partial charge >= 0.3 is 12.4 Å². The molecule has 0 saturated carbocycles. The summed E-state index contributed by atoms with van der Waals surface area (Å²) in [7, 11) is 0. The summed E-state index contributed by atoms with van der Waals surface area (Å²) in [5.74, 6) is -1.55. The Morgan fingerprint density at radius 1 is 0.842 bits per heavy atom. The zero-order chi connectivity index (χ0) is 27.5. The predicted octanol–water partition coefficient (Wildman–Crippen LogP) is 7.09. The summed E-state index contributed by atoms with van der Waals surface area (Å²) in [5.41, 5.74) is -2.04. The van der Waals surface area contributed by atoms with Crippen LogP contribution in [0.2, 0.25) is 5.02 Å². The minimum atomic E-state index is -4.81. The highest BCUT2D eigenvalue weighted by atomic mass is 35.5. The fourth-order valence-corrected chi connectivity index (χ4v) is 3.37. The van der Waals surface area contributed by atoms with E-state index in [1.54, 1.807) is 18.2 Å². The molecule has 4 rings (SSSR count). The molecule has 0 radical (unpaired) electrons. The number of hydrogen-bond donors (Lipinski definition) is 2. The number of rotatable bonds is 4. The average molecular weight is 552 g/mol. The van der Waals surface area contributed by atoms with Gasteiger partial charge in [-0.05, 0) is 54.6 Å². The van der Waals surface area contributed by atoms with Crippen molar-refractivity contribution in [3.63, 3.8) is 0 Å². The zero-order valence-corrected chi connectivity index (χ0v) is 19.7. The number of aromatic nitrogens is 2. The van der Waals surface area contributed by atoms with Crippen molar-refractivity contribution >= 4 is 35.0 Å². The highest BCUT2D eigenvalue weighted by molar-refractivity contribution is 6.30. The minimum Gasteiger partial charge on any atom is -0.326 e. The van der Waals surface area contributed by atoms with Crippen molar-refractivity contribution in [2.75, 3.05) is 5.32 Å². The third-order valence-electron chi connectivity index (χ3n) is 5.00. The number of benzene rings is 3. The van der Waals surface area contributed by atoms with Crippen molar-refractivity contribution < 1.29 is 31.1 Å². The molecule has 1 amide bonds. The van der Waals surface area contributed by atoms with Crippen LogP contribution in [0.15, 0.2) is 89.9 Å². The first-order valence-corrected chi connectivity index (χ1v) is 11.1. The molecule has 1 aromatic heterocycles. The van der Waals surface area contributed by atoms with Crippen molar-refractivity contribution in [3.8, 4) is 5.69 Å². The van der Waals surface area contributed by atoms with E-state index in [9.17, 15) is 31.1 Å². The fourth-order valence-electron chi connectivity index (χ4n) is 3.24. The Hall–Kier alpha value is -4.32. The monoisotopic (exact) mass is 551 g/mol. The lowest BCUT2D eigenvalue weighted by atomic mass is 10.2. The van der Waals surface area contributed by atoms with Crippen molar-refractivity contribution in [2.45, 2.75) is 12.4 Å². The van der Waals surface area contributed by atoms with Gasteiger partial charge in [0.1, 0.15) is 0 Å². The molecule has 3 aromatic carbocycles. The summed E-state index contributed by atoms with van der Waals surface area (Å²) in [6.45, 7) is 0. The number of alkyl halides is 6. The van der Waals surface area contributed by atoms with Crippen molar-refractivity contribution in [1.82, 2.24) is 15.1 Å². The third kappa shape index (κ3) is 6.51. The van der Waals surface area contributed by atoms with Crippen LogP contribution in [0.5, 0.6) is 0 Å². The molecule has 4 aromatic rings. The molecular formula is C25H16ClF6N5O. The van der Waals surface area contributed by atoms with Gasteiger partial charge in [0.25, 0.3) is 5.91 Å². The summed E-state index contributed by atoms with van der Waals surface area (Å²) in [4.78, 5) is 16.9. The maximum Gasteiger partial charge on any atom is 0.435 e. The van der Waals surface area contributed by atoms with Gasteiger partial charge in [0.2, 0.25) is 5.96 Å². The number of guanidine groups is 1. The Morgan fingerprint density at radius 2 is 1.53 bits per heavy atom. The molecule has 0 saturated heterocycles. The Balaban J connectivity index is 1.79. The Morgan fingerprint density at radius 3 is 2.16 bits per heavy atom. The number of nitrogens with zero attached hydrogens (tertiary/aromatic N) is 3. The highest BCUT2D eigenvalue weighted by Crippen LogP contribution is 2.33. The molecule has 1 heterocycles. The summed E-state index contributed by atoms with van der Waals surface area (Å²) in [6.07, 6.45) is -9.47. The van der Waals surface area contributed by atoms with Crippen molar-refractivity contribution in [2.24, 2.45) is 4.99 Å². The molecule has 0 aliphatic carbocycles. The second-order valence-corrected chi connectivity index (χ2v) is 8.19. The van der Waals surface area contributed by atoms with Crippen LogP contribution in [-0.2, 0) is 12.4 Å². The van der Waals surface area contributed by atoms with E-state index in [-0.39, 0.29) is 22.8 Å². The van der Waals surface area contributed by atoms with Gasteiger partial charge in [-0.25, -0.2) is 4.68 Å². The summed E-state index contributed by atoms with van der Waals surface area (Å²) in [5, 5.41) is 8.87. The van der Waals surface area contributed by atoms with Crippen molar-refractivity contribution in [1.29, 1.82) is 0 Å². The maximum atomic E-state index is 13.5. The normalized spacial score (nSPS) is 12.3. The van der Waals surface area contributed by atoms with E-state index in [0.29, 0.717) is 11.1 Å². The molecule has 0 unspecified atom stereocenters. The highest BCUT2D eigenvalue weighted by Gasteiger charge is 2.35. The number of amides is 1. The van der Waals surface area contributed by atoms with E-state index >= 15 is 0 Å². The third-order valence-corrected chi connectivity index (χ3v) is 5.25. The molecule has 2 N–H and O–H groups in total. The quantitative estimate of drug-likeness (QED) is 0.162. The largest absolute Gasteiger partial charge is 0.435 e. The molecular weight excluding hydrogens is 536 g/mol. The molecule has 38 heavy (non-hydrogen) atoms. The van der Waals surface area contributed by atoms with Crippen molar-refractivity contribution in [3.05, 3.63) is 107 Å². The van der Waals surface area contributed by atoms with Gasteiger partial charge in [0.15, 0.2) is 11.5 Å². The Kier molecular flexibility index (Phi) is 7.44. The van der Waals surface area contributed by atoms with E-state index in [4.69, 9.17) is 11.6 Å². The molecule has 0 atom stereocenters. The smallest absolute Gasteiger partial charge is 0.326 e. The second-order valence-electron chi connectivity index (χ2n) is 7.76. The molecule has 0 aliphatic rings. The molecule has 0 bridgehead atoms. The first kappa shape index (κ1) is 26.7. The van der Waals surface area contributed by atoms with Gasteiger partial charge in [-0.2, -0.15) is 36.4 Å². The zero-order valence-electron chi connectivity index (χ0n) is 19.0. The minimum absolute atomic E-state index is 0.112. The fraction of sp³-hybridized carbons (Fsp3) is 0.0800. The number of carbonyl (C=O) groups excluding carboxylic acids is 1. The summed E-state index contributed by atoms with van der Waals surface area (Å²) in [6, 6.07) is 18.1. The number of hydrogen-bond acceptors (Lipinski definition) is 3. The number of halogens is 7. The van der Waals surface area contributed by atoms with Crippen LogP contribution < -0.4 is 10.6 Å². The van der Waals surface area contributed by atoms with Crippen LogP contribution >= 0.6 is 11.6 Å². The van der Waals surface area contributed by atoms with E-state index in [2.05, 4.69) is 20.7 Å². The molecule has 13 heteroatoms. The topological polar surface area (TPSA) is 71.3 Å². The summed E-state index contributed by atoms with van der Waals surface area (Å²) < 4.78 is 81.0. The van der Waals surface area contributed by atoms with Crippen LogP contribution in [0.25, 0.3) is 5.69 Å². The maximum absolute atomic E-state index is 13.5. The lowest BCUT2D eigenvalue weighted by molar-refractivity contribution is -0.141. The molecule has 196 valence electrons. The van der Waals surface area contributed by atoms with E-state index < -0.39 is 35.5 Å². The van der Waals surface area contributed by atoms with Crippen LogP contribution in [-0.4, -0.2) is 21.6 Å². The van der Waals surface area contributed by atoms with E-state index in [0.717, 1.165) is 22.9 Å². The number of anilines is 1. The number of carbonyl (C=O) groups is 1. The lowest BCUT2D eigenvalue weighted by Gasteiger charge is -2.14. The molecule has 6 nitrogen and oxygen atoms in total. The Labute approximate surface area is 216 Å². The first-order valence-electron chi connectivity index (χ1n) is 10.7. The van der Waals surface area contributed by atoms with Gasteiger partial charge in [0, 0.05) is 22.3 Å². The lowest BCUT2D eigenvalue weighted by Crippen LogP contribution is -2.36. The SMILES string of the molecule is O=C(NC(=Nc1cc(C(F)(F)F)nn1-c1ccccc1)Nc1cccc(C(F)(F)F)c1)c1ccc(Cl)cc1. The summed E-state index contributed by atoms with van der Waals surface area (Å²) >= 11 is 5.84. The van der Waals surface area contributed by atoms with Gasteiger partial charge in [-0.3, -0.25) is 10.1 Å². The van der Waals surface area contributed by atoms with E-state index in [1.165, 1.54) is 42.5 Å². The standard InChI is InChI=1S/C25H16ClF6N5O/c26-17-11-9-15(10-12-17)22(38)35-23(33-18-6-4-5-16(13-18)24(27,28)29)34-21-14-20(25(30,31)32)36-37(21)19-7-2-1-3-8-19/h1-14H,(H2,33,34,35,38). The average Bonchev–Trinajstić information content (AvgIpc) is 3.29. The molecule has 0 aliphatic heterocycles. The molecule has 0 fully saturated rings. The van der Waals surface area contributed by atoms with Crippen LogP contribution in [0, 0.1) is 0 Å². The van der Waals surface area contributed by atoms with Crippen LogP contribution in [0.3, 0.4) is 0 Å². The first-order chi connectivity index (χ1) is 17.9. The number of nitrogens with one attached hydrogen (secondary N) is 2. The second kappa shape index (κ2) is 10.6. The Bertz CT molecular complexity index is 1460. The number of para-hydroxylation sites is 1. The number of aliphatic imine (C=N–C) groups is 1. The van der Waals surface area contributed by atoms with Gasteiger partial charge in [0.05, 0.1) is 11.3 Å². The van der Waals surface area contributed by atoms with Crippen LogP contribution in [0.4, 0.5) is 37.8 Å². The van der Waals surface area contributed by atoms with Crippen LogP contribution in [0.1, 0.15) is 21.6 Å².